The zero-order valence-electron chi connectivity index (χ0n) is 17.8. The van der Waals surface area contributed by atoms with Crippen molar-refractivity contribution in [3.05, 3.63) is 63.1 Å². The van der Waals surface area contributed by atoms with E-state index in [0.29, 0.717) is 17.7 Å². The first kappa shape index (κ1) is 20.2. The fourth-order valence-electron chi connectivity index (χ4n) is 4.92. The van der Waals surface area contributed by atoms with Gasteiger partial charge in [-0.2, -0.15) is 0 Å². The molecule has 1 saturated carbocycles. The molecule has 7 heteroatoms. The van der Waals surface area contributed by atoms with Gasteiger partial charge in [0.2, 0.25) is 0 Å². The minimum atomic E-state index is -3.28. The number of nitrogens with zero attached hydrogens (tertiary/aromatic N) is 1. The SMILES string of the molecule is CC(C)(C)[C@@H]1CC2=C(Cc3cc(S(=O)(=O)C4CC4)ccc32)c2cc(=O)c(C(=O)O)cn21. The normalized spacial score (nSPS) is 20.3. The van der Waals surface area contributed by atoms with E-state index in [9.17, 15) is 23.1 Å². The van der Waals surface area contributed by atoms with E-state index in [1.165, 1.54) is 12.3 Å². The summed E-state index contributed by atoms with van der Waals surface area (Å²) in [6.07, 6.45) is 4.18. The predicted molar refractivity (Wildman–Crippen MR) is 118 cm³/mol. The van der Waals surface area contributed by atoms with Gasteiger partial charge in [-0.1, -0.05) is 26.8 Å². The van der Waals surface area contributed by atoms with E-state index in [4.69, 9.17) is 0 Å². The first-order valence-electron chi connectivity index (χ1n) is 10.6. The van der Waals surface area contributed by atoms with Crippen LogP contribution in [0.3, 0.4) is 0 Å². The molecule has 3 aliphatic rings. The van der Waals surface area contributed by atoms with Crippen LogP contribution in [0.15, 0.2) is 40.2 Å². The number of sulfone groups is 1. The molecule has 1 aliphatic heterocycles. The topological polar surface area (TPSA) is 93.4 Å². The van der Waals surface area contributed by atoms with Crippen LogP contribution in [0.5, 0.6) is 0 Å². The maximum atomic E-state index is 12.7. The predicted octanol–water partition coefficient (Wildman–Crippen LogP) is 3.94. The van der Waals surface area contributed by atoms with Crippen LogP contribution in [0.25, 0.3) is 11.1 Å². The second-order valence-corrected chi connectivity index (χ2v) is 12.2. The number of aromatic nitrogens is 1. The Labute approximate surface area is 181 Å². The third-order valence-electron chi connectivity index (χ3n) is 6.78. The lowest BCUT2D eigenvalue weighted by atomic mass is 9.78. The summed E-state index contributed by atoms with van der Waals surface area (Å²) >= 11 is 0. The van der Waals surface area contributed by atoms with E-state index in [2.05, 4.69) is 20.8 Å². The number of carboxylic acids is 1. The van der Waals surface area contributed by atoms with Crippen molar-refractivity contribution in [2.24, 2.45) is 5.41 Å². The number of hydrogen-bond donors (Lipinski definition) is 1. The van der Waals surface area contributed by atoms with Gasteiger partial charge in [0.15, 0.2) is 15.3 Å². The molecule has 5 rings (SSSR count). The van der Waals surface area contributed by atoms with Gasteiger partial charge in [-0.25, -0.2) is 13.2 Å². The molecular formula is C24H25NO5S. The minimum Gasteiger partial charge on any atom is -0.477 e. The number of allylic oxidation sites excluding steroid dienone is 2. The highest BCUT2D eigenvalue weighted by Crippen LogP contribution is 2.51. The Balaban J connectivity index is 1.66. The molecule has 0 unspecified atom stereocenters. The summed E-state index contributed by atoms with van der Waals surface area (Å²) in [6, 6.07) is 6.82. The summed E-state index contributed by atoms with van der Waals surface area (Å²) in [5.74, 6) is -1.22. The van der Waals surface area contributed by atoms with E-state index in [1.54, 1.807) is 12.1 Å². The van der Waals surface area contributed by atoms with Gasteiger partial charge >= 0.3 is 5.97 Å². The molecule has 2 aliphatic carbocycles. The van der Waals surface area contributed by atoms with Crippen LogP contribution in [0.1, 0.15) is 73.3 Å². The molecule has 0 radical (unpaired) electrons. The third-order valence-corrected chi connectivity index (χ3v) is 9.04. The number of benzene rings is 1. The van der Waals surface area contributed by atoms with Gasteiger partial charge in [0.25, 0.3) is 0 Å². The smallest absolute Gasteiger partial charge is 0.341 e. The Morgan fingerprint density at radius 1 is 1.13 bits per heavy atom. The Morgan fingerprint density at radius 3 is 2.45 bits per heavy atom. The number of pyridine rings is 1. The van der Waals surface area contributed by atoms with Gasteiger partial charge in [-0.3, -0.25) is 4.79 Å². The molecule has 162 valence electrons. The van der Waals surface area contributed by atoms with Gasteiger partial charge in [-0.05, 0) is 59.1 Å². The van der Waals surface area contributed by atoms with Crippen molar-refractivity contribution >= 4 is 27.0 Å². The molecule has 1 fully saturated rings. The number of fused-ring (bicyclic) bond motifs is 4. The van der Waals surface area contributed by atoms with Crippen molar-refractivity contribution in [3.63, 3.8) is 0 Å². The number of carboxylic acid groups (broad SMARTS) is 1. The minimum absolute atomic E-state index is 0.0271. The Bertz CT molecular complexity index is 1340. The molecule has 6 nitrogen and oxygen atoms in total. The lowest BCUT2D eigenvalue weighted by Gasteiger charge is -2.39. The van der Waals surface area contributed by atoms with Crippen molar-refractivity contribution in [2.75, 3.05) is 0 Å². The van der Waals surface area contributed by atoms with Gasteiger partial charge in [-0.15, -0.1) is 0 Å². The highest BCUT2D eigenvalue weighted by atomic mass is 32.2. The lowest BCUT2D eigenvalue weighted by Crippen LogP contribution is -2.32. The maximum Gasteiger partial charge on any atom is 0.341 e. The molecule has 0 amide bonds. The second-order valence-electron chi connectivity index (χ2n) is 9.93. The number of hydrogen-bond acceptors (Lipinski definition) is 4. The van der Waals surface area contributed by atoms with Gasteiger partial charge < -0.3 is 9.67 Å². The Hall–Kier alpha value is -2.67. The Morgan fingerprint density at radius 2 is 1.84 bits per heavy atom. The average Bonchev–Trinajstić information content (AvgIpc) is 3.47. The largest absolute Gasteiger partial charge is 0.477 e. The van der Waals surface area contributed by atoms with Crippen molar-refractivity contribution in [3.8, 4) is 0 Å². The van der Waals surface area contributed by atoms with Crippen LogP contribution in [-0.4, -0.2) is 29.3 Å². The van der Waals surface area contributed by atoms with Crippen LogP contribution in [0, 0.1) is 5.41 Å². The van der Waals surface area contributed by atoms with Crippen LogP contribution in [0.4, 0.5) is 0 Å². The van der Waals surface area contributed by atoms with Crippen LogP contribution < -0.4 is 5.43 Å². The fraction of sp³-hybridized carbons (Fsp3) is 0.417. The first-order chi connectivity index (χ1) is 14.5. The summed E-state index contributed by atoms with van der Waals surface area (Å²) in [4.78, 5) is 24.5. The molecule has 0 spiro atoms. The Kier molecular flexibility index (Phi) is 4.19. The molecule has 2 heterocycles. The van der Waals surface area contributed by atoms with E-state index < -0.39 is 21.2 Å². The van der Waals surface area contributed by atoms with Crippen molar-refractivity contribution in [1.82, 2.24) is 4.57 Å². The molecular weight excluding hydrogens is 414 g/mol. The van der Waals surface area contributed by atoms with Crippen LogP contribution in [0.2, 0.25) is 0 Å². The highest BCUT2D eigenvalue weighted by Gasteiger charge is 2.40. The molecule has 1 atom stereocenters. The summed E-state index contributed by atoms with van der Waals surface area (Å²) in [7, 11) is -3.28. The lowest BCUT2D eigenvalue weighted by molar-refractivity contribution is 0.0693. The average molecular weight is 440 g/mol. The fourth-order valence-corrected chi connectivity index (χ4v) is 6.63. The van der Waals surface area contributed by atoms with Gasteiger partial charge in [0.05, 0.1) is 10.1 Å². The molecule has 31 heavy (non-hydrogen) atoms. The summed E-state index contributed by atoms with van der Waals surface area (Å²) in [5, 5.41) is 9.20. The maximum absolute atomic E-state index is 12.7. The summed E-state index contributed by atoms with van der Waals surface area (Å²) < 4.78 is 27.4. The molecule has 0 saturated heterocycles. The van der Waals surface area contributed by atoms with Crippen molar-refractivity contribution < 1.29 is 18.3 Å². The first-order valence-corrected chi connectivity index (χ1v) is 12.1. The zero-order valence-corrected chi connectivity index (χ0v) is 18.6. The number of carbonyl (C=O) groups is 1. The van der Waals surface area contributed by atoms with Gasteiger partial charge in [0.1, 0.15) is 5.56 Å². The quantitative estimate of drug-likeness (QED) is 0.782. The summed E-state index contributed by atoms with van der Waals surface area (Å²) in [6.45, 7) is 6.31. The summed E-state index contributed by atoms with van der Waals surface area (Å²) in [5.41, 5.74) is 3.96. The van der Waals surface area contributed by atoms with Crippen molar-refractivity contribution in [2.45, 2.75) is 62.6 Å². The van der Waals surface area contributed by atoms with Gasteiger partial charge in [0, 0.05) is 30.4 Å². The van der Waals surface area contributed by atoms with E-state index in [-0.39, 0.29) is 22.3 Å². The molecule has 1 aromatic heterocycles. The van der Waals surface area contributed by atoms with Crippen LogP contribution >= 0.6 is 0 Å². The third kappa shape index (κ3) is 3.09. The molecule has 1 N–H and O–H groups in total. The number of aromatic carboxylic acids is 1. The second kappa shape index (κ2) is 6.42. The zero-order chi connectivity index (χ0) is 22.3. The molecule has 1 aromatic carbocycles. The van der Waals surface area contributed by atoms with E-state index in [0.717, 1.165) is 40.8 Å². The van der Waals surface area contributed by atoms with E-state index >= 15 is 0 Å². The van der Waals surface area contributed by atoms with Crippen molar-refractivity contribution in [1.29, 1.82) is 0 Å². The highest BCUT2D eigenvalue weighted by molar-refractivity contribution is 7.92. The van der Waals surface area contributed by atoms with E-state index in [1.807, 2.05) is 10.6 Å². The monoisotopic (exact) mass is 439 g/mol. The standard InChI is InChI=1S/C24H25NO5S/c1-24(2,3)22-10-17-16-7-6-15(31(29,30)14-4-5-14)8-13(16)9-18(17)20-11-21(26)19(23(27)28)12-25(20)22/h6-8,11-12,14,22H,4-5,9-10H2,1-3H3,(H,27,28)/t22-/m0/s1. The van der Waals surface area contributed by atoms with Crippen LogP contribution in [-0.2, 0) is 16.3 Å². The number of rotatable bonds is 3. The molecule has 2 aromatic rings. The molecule has 0 bridgehead atoms.